The maximum absolute atomic E-state index is 3.89. The van der Waals surface area contributed by atoms with E-state index in [0.29, 0.717) is 10.8 Å². The lowest BCUT2D eigenvalue weighted by molar-refractivity contribution is -0.206. The third-order valence-electron chi connectivity index (χ3n) is 11.1. The van der Waals surface area contributed by atoms with E-state index in [1.54, 1.807) is 63.4 Å². The van der Waals surface area contributed by atoms with E-state index in [4.69, 9.17) is 0 Å². The van der Waals surface area contributed by atoms with Crippen molar-refractivity contribution in [2.45, 2.75) is 89.4 Å². The van der Waals surface area contributed by atoms with Crippen LogP contribution in [0.2, 0.25) is 0 Å². The van der Waals surface area contributed by atoms with Gasteiger partial charge < -0.3 is 0 Å². The van der Waals surface area contributed by atoms with E-state index in [2.05, 4.69) is 50.9 Å². The number of rotatable bonds is 2. The molecule has 8 aliphatic rings. The zero-order chi connectivity index (χ0) is 19.6. The van der Waals surface area contributed by atoms with Crippen molar-refractivity contribution in [2.24, 2.45) is 40.4 Å². The van der Waals surface area contributed by atoms with Crippen molar-refractivity contribution >= 4 is 31.9 Å². The van der Waals surface area contributed by atoms with Gasteiger partial charge in [-0.1, -0.05) is 31.9 Å². The highest BCUT2D eigenvalue weighted by atomic mass is 79.9. The molecule has 8 fully saturated rings. The second kappa shape index (κ2) is 5.94. The summed E-state index contributed by atoms with van der Waals surface area (Å²) in [5.74, 6) is 5.27. The highest BCUT2D eigenvalue weighted by molar-refractivity contribution is 9.11. The molecule has 1 aromatic carbocycles. The highest BCUT2D eigenvalue weighted by Crippen LogP contribution is 2.77. The number of benzene rings is 1. The summed E-state index contributed by atoms with van der Waals surface area (Å²) in [5, 5.41) is 0. The molecule has 0 saturated heterocycles. The average molecular weight is 518 g/mol. The Balaban J connectivity index is 1.36. The van der Waals surface area contributed by atoms with Gasteiger partial charge in [-0.2, -0.15) is 0 Å². The first kappa shape index (κ1) is 18.7. The Hall–Kier alpha value is 0.180. The SMILES string of the molecule is Cc1c(Br)cc(Br)cc1C12CC3CC(C1)CC(C14CC5CC(CC(C5)C1)C4)(C3)C2. The van der Waals surface area contributed by atoms with E-state index in [0.717, 1.165) is 35.0 Å². The van der Waals surface area contributed by atoms with E-state index in [1.165, 1.54) is 33.8 Å². The number of hydrogen-bond acceptors (Lipinski definition) is 0. The molecule has 0 amide bonds. The van der Waals surface area contributed by atoms with Crippen LogP contribution in [0.25, 0.3) is 0 Å². The maximum atomic E-state index is 3.89. The summed E-state index contributed by atoms with van der Waals surface area (Å²) in [4.78, 5) is 0. The van der Waals surface area contributed by atoms with E-state index in [-0.39, 0.29) is 0 Å². The molecule has 0 aliphatic heterocycles. The van der Waals surface area contributed by atoms with Crippen molar-refractivity contribution in [1.82, 2.24) is 0 Å². The Labute approximate surface area is 193 Å². The van der Waals surface area contributed by atoms with Crippen molar-refractivity contribution in [3.8, 4) is 0 Å². The fourth-order valence-corrected chi connectivity index (χ4v) is 12.4. The van der Waals surface area contributed by atoms with E-state index in [9.17, 15) is 0 Å². The van der Waals surface area contributed by atoms with Gasteiger partial charge in [0.25, 0.3) is 0 Å². The number of halogens is 2. The third-order valence-corrected chi connectivity index (χ3v) is 12.4. The summed E-state index contributed by atoms with van der Waals surface area (Å²) in [6.45, 7) is 2.38. The maximum Gasteiger partial charge on any atom is 0.0218 e. The van der Waals surface area contributed by atoms with Gasteiger partial charge in [-0.3, -0.25) is 0 Å². The third kappa shape index (κ3) is 2.48. The molecule has 0 nitrogen and oxygen atoms in total. The van der Waals surface area contributed by atoms with Gasteiger partial charge in [0.1, 0.15) is 0 Å². The fraction of sp³-hybridized carbons (Fsp3) is 0.778. The molecule has 2 heteroatoms. The summed E-state index contributed by atoms with van der Waals surface area (Å²) in [6, 6.07) is 4.77. The molecule has 8 bridgehead atoms. The molecule has 2 atom stereocenters. The van der Waals surface area contributed by atoms with Crippen molar-refractivity contribution in [3.05, 3.63) is 32.2 Å². The van der Waals surface area contributed by atoms with Crippen LogP contribution in [0.15, 0.2) is 21.1 Å². The van der Waals surface area contributed by atoms with Crippen LogP contribution < -0.4 is 0 Å². The molecule has 156 valence electrons. The van der Waals surface area contributed by atoms with Gasteiger partial charge in [-0.05, 0) is 153 Å². The van der Waals surface area contributed by atoms with Gasteiger partial charge in [0.05, 0.1) is 0 Å². The van der Waals surface area contributed by atoms with Crippen LogP contribution in [0, 0.1) is 47.3 Å². The monoisotopic (exact) mass is 516 g/mol. The first-order chi connectivity index (χ1) is 13.9. The summed E-state index contributed by atoms with van der Waals surface area (Å²) in [5.41, 5.74) is 5.08. The van der Waals surface area contributed by atoms with Crippen LogP contribution in [0.4, 0.5) is 0 Å². The molecule has 0 radical (unpaired) electrons. The summed E-state index contributed by atoms with van der Waals surface area (Å²) in [7, 11) is 0. The smallest absolute Gasteiger partial charge is 0.0218 e. The Morgan fingerprint density at radius 3 is 1.79 bits per heavy atom. The summed E-state index contributed by atoms with van der Waals surface area (Å²) >= 11 is 7.73. The van der Waals surface area contributed by atoms with Gasteiger partial charge in [0.15, 0.2) is 0 Å². The lowest BCUT2D eigenvalue weighted by Crippen LogP contribution is -2.63. The van der Waals surface area contributed by atoms with Crippen molar-refractivity contribution in [1.29, 1.82) is 0 Å². The van der Waals surface area contributed by atoms with Crippen LogP contribution in [0.5, 0.6) is 0 Å². The summed E-state index contributed by atoms with van der Waals surface area (Å²) < 4.78 is 2.58. The molecular formula is C27H34Br2. The molecular weight excluding hydrogens is 484 g/mol. The van der Waals surface area contributed by atoms with Gasteiger partial charge >= 0.3 is 0 Å². The average Bonchev–Trinajstić information content (AvgIpc) is 2.62. The number of hydrogen-bond donors (Lipinski definition) is 0. The predicted molar refractivity (Wildman–Crippen MR) is 126 cm³/mol. The molecule has 0 heterocycles. The van der Waals surface area contributed by atoms with Gasteiger partial charge in [0, 0.05) is 8.95 Å². The Morgan fingerprint density at radius 1 is 0.690 bits per heavy atom. The van der Waals surface area contributed by atoms with Crippen LogP contribution >= 0.6 is 31.9 Å². The first-order valence-electron chi connectivity index (χ1n) is 12.3. The predicted octanol–water partition coefficient (Wildman–Crippen LogP) is 8.57. The second-order valence-electron chi connectivity index (χ2n) is 12.8. The standard InChI is InChI=1S/C27H34Br2/c1-16-23(6-22(28)7-24(16)29)25-8-20-5-21(9-25)14-27(13-20,15-25)26-10-17-2-18(11-26)4-19(3-17)12-26/h6-7,17-21H,2-5,8-15H2,1H3. The molecule has 8 saturated carbocycles. The molecule has 0 spiro atoms. The Morgan fingerprint density at radius 2 is 1.21 bits per heavy atom. The van der Waals surface area contributed by atoms with Gasteiger partial charge in [0.2, 0.25) is 0 Å². The molecule has 8 aliphatic carbocycles. The molecule has 2 unspecified atom stereocenters. The molecule has 0 N–H and O–H groups in total. The Kier molecular flexibility index (Phi) is 3.84. The van der Waals surface area contributed by atoms with Crippen molar-refractivity contribution in [3.63, 3.8) is 0 Å². The minimum Gasteiger partial charge on any atom is -0.0508 e. The Bertz CT molecular complexity index is 833. The summed E-state index contributed by atoms with van der Waals surface area (Å²) in [6.07, 6.45) is 18.8. The molecule has 29 heavy (non-hydrogen) atoms. The first-order valence-corrected chi connectivity index (χ1v) is 13.9. The minimum absolute atomic E-state index is 0.462. The molecule has 0 aromatic heterocycles. The lowest BCUT2D eigenvalue weighted by atomic mass is 9.32. The normalized spacial score (nSPS) is 51.8. The van der Waals surface area contributed by atoms with Crippen LogP contribution in [-0.4, -0.2) is 0 Å². The fourth-order valence-electron chi connectivity index (χ4n) is 11.2. The topological polar surface area (TPSA) is 0 Å². The van der Waals surface area contributed by atoms with Gasteiger partial charge in [-0.15, -0.1) is 0 Å². The second-order valence-corrected chi connectivity index (χ2v) is 14.5. The minimum atomic E-state index is 0.462. The van der Waals surface area contributed by atoms with Crippen LogP contribution in [-0.2, 0) is 5.41 Å². The zero-order valence-corrected chi connectivity index (χ0v) is 21.0. The lowest BCUT2D eigenvalue weighted by Gasteiger charge is -2.72. The van der Waals surface area contributed by atoms with Gasteiger partial charge in [-0.25, -0.2) is 0 Å². The van der Waals surface area contributed by atoms with Crippen molar-refractivity contribution in [2.75, 3.05) is 0 Å². The van der Waals surface area contributed by atoms with E-state index in [1.807, 2.05) is 0 Å². The molecule has 9 rings (SSSR count). The highest BCUT2D eigenvalue weighted by Gasteiger charge is 2.67. The quantitative estimate of drug-likeness (QED) is 0.368. The molecule has 1 aromatic rings. The zero-order valence-electron chi connectivity index (χ0n) is 17.8. The van der Waals surface area contributed by atoms with E-state index >= 15 is 0 Å². The largest absolute Gasteiger partial charge is 0.0508 e. The van der Waals surface area contributed by atoms with Crippen LogP contribution in [0.1, 0.15) is 88.2 Å². The van der Waals surface area contributed by atoms with Crippen LogP contribution in [0.3, 0.4) is 0 Å². The van der Waals surface area contributed by atoms with E-state index < -0.39 is 0 Å². The van der Waals surface area contributed by atoms with Crippen molar-refractivity contribution < 1.29 is 0 Å².